The molecule has 6 aromatic carbocycles. The summed E-state index contributed by atoms with van der Waals surface area (Å²) in [7, 11) is -3.84. The minimum absolute atomic E-state index is 0.537. The Morgan fingerprint density at radius 2 is 0.708 bits per heavy atom. The van der Waals surface area contributed by atoms with Gasteiger partial charge in [-0.3, -0.25) is 0 Å². The summed E-state index contributed by atoms with van der Waals surface area (Å²) in [6, 6.07) is 51.7. The topological polar surface area (TPSA) is 54.1 Å². The number of hydrogen-bond donors (Lipinski definition) is 0. The second-order valence-electron chi connectivity index (χ2n) is 13.7. The van der Waals surface area contributed by atoms with E-state index in [1.807, 2.05) is 24.3 Å². The van der Waals surface area contributed by atoms with Crippen LogP contribution in [0.2, 0.25) is 26.2 Å². The highest BCUT2D eigenvalue weighted by molar-refractivity contribution is 7.03. The standard InChI is InChI=1S/C42H34N4Si2/c1-47(2)39-17-9-5-13-35(39)45(36-14-6-10-18-40(36)47)31-21-23-33(29(25-31)27-43)34-24-22-32(26-30(34)28-44)46-37-15-7-11-19-41(37)48(3,4)42-20-12-8-16-38(42)46/h5-26H,1-4H3. The van der Waals surface area contributed by atoms with E-state index in [9.17, 15) is 10.5 Å². The second-order valence-corrected chi connectivity index (χ2v) is 22.3. The Balaban J connectivity index is 1.25. The molecule has 0 N–H and O–H groups in total. The molecular formula is C42H34N4Si2. The molecule has 2 heterocycles. The summed E-state index contributed by atoms with van der Waals surface area (Å²) in [6.07, 6.45) is 0. The third kappa shape index (κ3) is 4.31. The SMILES string of the molecule is C[Si]1(C)c2ccccc2N(c2ccc(-c3ccc(N4c5ccccc5[Si](C)(C)c5ccccc54)cc3C#N)c(C#N)c2)c2ccccc21. The van der Waals surface area contributed by atoms with Crippen LogP contribution >= 0.6 is 0 Å². The van der Waals surface area contributed by atoms with Gasteiger partial charge in [-0.2, -0.15) is 10.5 Å². The summed E-state index contributed by atoms with van der Waals surface area (Å²) >= 11 is 0. The maximum atomic E-state index is 10.5. The van der Waals surface area contributed by atoms with Crippen LogP contribution in [0.15, 0.2) is 133 Å². The molecule has 6 heteroatoms. The fraction of sp³-hybridized carbons (Fsp3) is 0.0952. The van der Waals surface area contributed by atoms with Crippen molar-refractivity contribution in [1.82, 2.24) is 0 Å². The Labute approximate surface area is 284 Å². The molecule has 0 unspecified atom stereocenters. The highest BCUT2D eigenvalue weighted by Gasteiger charge is 2.39. The third-order valence-electron chi connectivity index (χ3n) is 10.3. The molecule has 2 aliphatic heterocycles. The molecule has 0 saturated carbocycles. The van der Waals surface area contributed by atoms with E-state index in [4.69, 9.17) is 0 Å². The van der Waals surface area contributed by atoms with Crippen molar-refractivity contribution in [2.75, 3.05) is 9.80 Å². The quantitative estimate of drug-likeness (QED) is 0.181. The highest BCUT2D eigenvalue weighted by atomic mass is 28.3. The van der Waals surface area contributed by atoms with Crippen molar-refractivity contribution in [2.24, 2.45) is 0 Å². The van der Waals surface area contributed by atoms with E-state index < -0.39 is 16.1 Å². The summed E-state index contributed by atoms with van der Waals surface area (Å²) in [6.45, 7) is 9.62. The Morgan fingerprint density at radius 3 is 1.00 bits per heavy atom. The molecule has 4 nitrogen and oxygen atoms in total. The predicted octanol–water partition coefficient (Wildman–Crippen LogP) is 8.31. The first-order valence-corrected chi connectivity index (χ1v) is 22.3. The first-order valence-electron chi connectivity index (χ1n) is 16.3. The lowest BCUT2D eigenvalue weighted by molar-refractivity contribution is 1.27. The lowest BCUT2D eigenvalue weighted by Gasteiger charge is -2.41. The van der Waals surface area contributed by atoms with E-state index in [1.165, 1.54) is 43.5 Å². The third-order valence-corrected chi connectivity index (χ3v) is 17.4. The lowest BCUT2D eigenvalue weighted by Crippen LogP contribution is -2.58. The molecule has 0 radical (unpaired) electrons. The van der Waals surface area contributed by atoms with Crippen LogP contribution in [0.1, 0.15) is 11.1 Å². The Hall–Kier alpha value is -5.67. The van der Waals surface area contributed by atoms with Crippen molar-refractivity contribution in [3.05, 3.63) is 145 Å². The van der Waals surface area contributed by atoms with Gasteiger partial charge in [-0.25, -0.2) is 0 Å². The average Bonchev–Trinajstić information content (AvgIpc) is 3.12. The number of anilines is 6. The zero-order valence-electron chi connectivity index (χ0n) is 27.5. The van der Waals surface area contributed by atoms with E-state index in [0.29, 0.717) is 11.1 Å². The van der Waals surface area contributed by atoms with Crippen molar-refractivity contribution in [3.8, 4) is 23.3 Å². The summed E-state index contributed by atoms with van der Waals surface area (Å²) < 4.78 is 0. The number of benzene rings is 6. The number of para-hydroxylation sites is 4. The van der Waals surface area contributed by atoms with Gasteiger partial charge in [0.1, 0.15) is 16.1 Å². The van der Waals surface area contributed by atoms with E-state index >= 15 is 0 Å². The first kappa shape index (κ1) is 29.7. The molecule has 0 bridgehead atoms. The smallest absolute Gasteiger partial charge is 0.117 e. The first-order chi connectivity index (χ1) is 23.3. The molecule has 8 rings (SSSR count). The van der Waals surface area contributed by atoms with Crippen LogP contribution < -0.4 is 30.5 Å². The Morgan fingerprint density at radius 1 is 0.417 bits per heavy atom. The molecular weight excluding hydrogens is 617 g/mol. The van der Waals surface area contributed by atoms with Crippen LogP contribution in [-0.4, -0.2) is 16.1 Å². The maximum absolute atomic E-state index is 10.5. The molecule has 6 aromatic rings. The van der Waals surface area contributed by atoms with Gasteiger partial charge in [0.25, 0.3) is 0 Å². The molecule has 2 aliphatic rings. The number of nitriles is 2. The van der Waals surface area contributed by atoms with Gasteiger partial charge in [0.2, 0.25) is 0 Å². The van der Waals surface area contributed by atoms with Crippen LogP contribution in [-0.2, 0) is 0 Å². The lowest BCUT2D eigenvalue weighted by atomic mass is 9.94. The van der Waals surface area contributed by atoms with Crippen molar-refractivity contribution >= 4 is 71.0 Å². The number of rotatable bonds is 3. The summed E-state index contributed by atoms with van der Waals surface area (Å²) in [5, 5.41) is 26.5. The predicted molar refractivity (Wildman–Crippen MR) is 204 cm³/mol. The van der Waals surface area contributed by atoms with Crippen molar-refractivity contribution < 1.29 is 0 Å². The Bertz CT molecular complexity index is 2100. The van der Waals surface area contributed by atoms with Crippen LogP contribution in [0.25, 0.3) is 11.1 Å². The van der Waals surface area contributed by atoms with Crippen LogP contribution in [0.4, 0.5) is 34.1 Å². The zero-order valence-corrected chi connectivity index (χ0v) is 29.5. The van der Waals surface area contributed by atoms with Gasteiger partial charge in [-0.05, 0) is 69.3 Å². The zero-order chi connectivity index (χ0) is 33.2. The van der Waals surface area contributed by atoms with E-state index in [-0.39, 0.29) is 0 Å². The van der Waals surface area contributed by atoms with Gasteiger partial charge >= 0.3 is 0 Å². The van der Waals surface area contributed by atoms with Crippen molar-refractivity contribution in [2.45, 2.75) is 26.2 Å². The van der Waals surface area contributed by atoms with Crippen LogP contribution in [0.5, 0.6) is 0 Å². The monoisotopic (exact) mass is 650 g/mol. The average molecular weight is 651 g/mol. The molecule has 48 heavy (non-hydrogen) atoms. The summed E-state index contributed by atoms with van der Waals surface area (Å²) in [4.78, 5) is 4.58. The molecule has 0 atom stereocenters. The number of hydrogen-bond acceptors (Lipinski definition) is 4. The van der Waals surface area contributed by atoms with Gasteiger partial charge < -0.3 is 9.80 Å². The van der Waals surface area contributed by atoms with Crippen LogP contribution in [0.3, 0.4) is 0 Å². The minimum Gasteiger partial charge on any atom is -0.311 e. The van der Waals surface area contributed by atoms with Crippen LogP contribution in [0, 0.1) is 22.7 Å². The molecule has 0 saturated heterocycles. The normalized spacial score (nSPS) is 14.9. The van der Waals surface area contributed by atoms with Gasteiger partial charge in [0.05, 0.1) is 23.3 Å². The number of nitrogens with zero attached hydrogens (tertiary/aromatic N) is 4. The van der Waals surface area contributed by atoms with Crippen molar-refractivity contribution in [1.29, 1.82) is 10.5 Å². The minimum atomic E-state index is -1.92. The number of fused-ring (bicyclic) bond motifs is 4. The van der Waals surface area contributed by atoms with Gasteiger partial charge in [0.15, 0.2) is 0 Å². The van der Waals surface area contributed by atoms with E-state index in [0.717, 1.165) is 22.5 Å². The van der Waals surface area contributed by atoms with Gasteiger partial charge in [-0.15, -0.1) is 0 Å². The fourth-order valence-electron chi connectivity index (χ4n) is 7.89. The molecule has 0 aromatic heterocycles. The maximum Gasteiger partial charge on any atom is 0.117 e. The second kappa shape index (κ2) is 11.0. The van der Waals surface area contributed by atoms with E-state index in [1.54, 1.807) is 0 Å². The summed E-state index contributed by atoms with van der Waals surface area (Å²) in [5.74, 6) is 0. The highest BCUT2D eigenvalue weighted by Crippen LogP contribution is 2.42. The van der Waals surface area contributed by atoms with E-state index in [2.05, 4.69) is 157 Å². The fourth-order valence-corrected chi connectivity index (χ4v) is 13.9. The van der Waals surface area contributed by atoms with Gasteiger partial charge in [-0.1, -0.05) is 111 Å². The summed E-state index contributed by atoms with van der Waals surface area (Å²) in [5.41, 5.74) is 9.12. The van der Waals surface area contributed by atoms with Crippen molar-refractivity contribution in [3.63, 3.8) is 0 Å². The molecule has 0 amide bonds. The molecule has 0 aliphatic carbocycles. The van der Waals surface area contributed by atoms with Gasteiger partial charge in [0, 0.05) is 45.3 Å². The molecule has 0 spiro atoms. The molecule has 0 fully saturated rings. The molecule has 230 valence electrons. The Kier molecular flexibility index (Phi) is 6.78. The largest absolute Gasteiger partial charge is 0.311 e.